The summed E-state index contributed by atoms with van der Waals surface area (Å²) < 4.78 is 14.0. The summed E-state index contributed by atoms with van der Waals surface area (Å²) in [5.74, 6) is 0.607. The van der Waals surface area contributed by atoms with Crippen LogP contribution in [0.2, 0.25) is 0 Å². The van der Waals surface area contributed by atoms with E-state index in [1.165, 1.54) is 38.2 Å². The van der Waals surface area contributed by atoms with E-state index in [1.807, 2.05) is 6.07 Å². The van der Waals surface area contributed by atoms with Gasteiger partial charge in [0.1, 0.15) is 5.82 Å². The van der Waals surface area contributed by atoms with Crippen LogP contribution in [0.5, 0.6) is 0 Å². The van der Waals surface area contributed by atoms with Gasteiger partial charge in [0.25, 0.3) is 0 Å². The Hall–Kier alpha value is -0.410. The van der Waals surface area contributed by atoms with Gasteiger partial charge in [-0.15, -0.1) is 0 Å². The molecule has 100 valence electrons. The van der Waals surface area contributed by atoms with Crippen LogP contribution in [0, 0.1) is 11.7 Å². The molecule has 1 aliphatic carbocycles. The fraction of sp³-hybridized carbons (Fsp3) is 0.600. The molecule has 1 aromatic carbocycles. The maximum atomic E-state index is 13.4. The first-order valence-corrected chi connectivity index (χ1v) is 7.68. The number of nitrogens with one attached hydrogen (secondary N) is 1. The molecule has 0 radical (unpaired) electrons. The third-order valence-electron chi connectivity index (χ3n) is 4.02. The first-order chi connectivity index (χ1) is 8.72. The Labute approximate surface area is 117 Å². The van der Waals surface area contributed by atoms with Crippen molar-refractivity contribution in [2.24, 2.45) is 5.92 Å². The van der Waals surface area contributed by atoms with Gasteiger partial charge in [0.15, 0.2) is 0 Å². The summed E-state index contributed by atoms with van der Waals surface area (Å²) in [6, 6.07) is 5.83. The van der Waals surface area contributed by atoms with Crippen LogP contribution < -0.4 is 5.32 Å². The van der Waals surface area contributed by atoms with Gasteiger partial charge in [-0.25, -0.2) is 4.39 Å². The molecule has 3 heteroatoms. The van der Waals surface area contributed by atoms with Gasteiger partial charge >= 0.3 is 0 Å². The molecule has 0 heterocycles. The van der Waals surface area contributed by atoms with Crippen LogP contribution in [0.4, 0.5) is 4.39 Å². The Morgan fingerprint density at radius 2 is 2.11 bits per heavy atom. The summed E-state index contributed by atoms with van der Waals surface area (Å²) >= 11 is 3.32. The van der Waals surface area contributed by atoms with E-state index in [4.69, 9.17) is 0 Å². The quantitative estimate of drug-likeness (QED) is 0.853. The lowest BCUT2D eigenvalue weighted by atomic mass is 9.83. The van der Waals surface area contributed by atoms with Gasteiger partial charge in [-0.1, -0.05) is 38.3 Å². The largest absolute Gasteiger partial charge is 0.310 e. The van der Waals surface area contributed by atoms with Crippen molar-refractivity contribution in [1.29, 1.82) is 0 Å². The molecule has 0 aromatic heterocycles. The average molecular weight is 314 g/mol. The molecule has 1 saturated carbocycles. The number of rotatable bonds is 4. The van der Waals surface area contributed by atoms with Crippen molar-refractivity contribution in [3.63, 3.8) is 0 Å². The van der Waals surface area contributed by atoms with Crippen LogP contribution in [0.25, 0.3) is 0 Å². The summed E-state index contributed by atoms with van der Waals surface area (Å²) in [5, 5.41) is 3.61. The molecule has 1 aromatic rings. The molecule has 0 aliphatic heterocycles. The van der Waals surface area contributed by atoms with E-state index in [0.717, 1.165) is 18.0 Å². The molecule has 1 fully saturated rings. The molecule has 1 nitrogen and oxygen atoms in total. The van der Waals surface area contributed by atoms with Crippen molar-refractivity contribution >= 4 is 15.9 Å². The van der Waals surface area contributed by atoms with Crippen LogP contribution in [0.15, 0.2) is 22.7 Å². The minimum atomic E-state index is -0.176. The first-order valence-electron chi connectivity index (χ1n) is 6.88. The lowest BCUT2D eigenvalue weighted by Gasteiger charge is -2.31. The Bertz CT molecular complexity index is 394. The van der Waals surface area contributed by atoms with Crippen LogP contribution in [0.3, 0.4) is 0 Å². The fourth-order valence-corrected chi connectivity index (χ4v) is 3.30. The molecule has 18 heavy (non-hydrogen) atoms. The second-order valence-electron chi connectivity index (χ2n) is 5.15. The van der Waals surface area contributed by atoms with Gasteiger partial charge in [-0.3, -0.25) is 0 Å². The maximum absolute atomic E-state index is 13.4. The molecular weight excluding hydrogens is 293 g/mol. The second-order valence-corrected chi connectivity index (χ2v) is 5.95. The van der Waals surface area contributed by atoms with Gasteiger partial charge in [0.2, 0.25) is 0 Å². The summed E-state index contributed by atoms with van der Waals surface area (Å²) in [6.45, 7) is 3.02. The highest BCUT2D eigenvalue weighted by Crippen LogP contribution is 2.27. The average Bonchev–Trinajstić information content (AvgIpc) is 2.41. The lowest BCUT2D eigenvalue weighted by Crippen LogP contribution is -2.37. The van der Waals surface area contributed by atoms with Crippen LogP contribution >= 0.6 is 15.9 Å². The third-order valence-corrected chi connectivity index (χ3v) is 4.91. The van der Waals surface area contributed by atoms with E-state index < -0.39 is 0 Å². The lowest BCUT2D eigenvalue weighted by molar-refractivity contribution is 0.254. The monoisotopic (exact) mass is 313 g/mol. The molecule has 1 aliphatic rings. The second kappa shape index (κ2) is 6.67. The zero-order valence-electron chi connectivity index (χ0n) is 10.9. The normalized spacial score (nSPS) is 24.2. The van der Waals surface area contributed by atoms with Crippen LogP contribution in [-0.2, 0) is 6.54 Å². The summed E-state index contributed by atoms with van der Waals surface area (Å²) in [4.78, 5) is 0. The Morgan fingerprint density at radius 1 is 1.33 bits per heavy atom. The zero-order chi connectivity index (χ0) is 13.0. The van der Waals surface area contributed by atoms with Crippen molar-refractivity contribution in [2.45, 2.75) is 51.6 Å². The highest BCUT2D eigenvalue weighted by Gasteiger charge is 2.23. The predicted octanol–water partition coefficient (Wildman–Crippen LogP) is 4.65. The number of benzene rings is 1. The molecule has 2 unspecified atom stereocenters. The zero-order valence-corrected chi connectivity index (χ0v) is 12.5. The highest BCUT2D eigenvalue weighted by atomic mass is 79.9. The Morgan fingerprint density at radius 3 is 2.89 bits per heavy atom. The third kappa shape index (κ3) is 3.33. The molecule has 0 amide bonds. The van der Waals surface area contributed by atoms with Crippen LogP contribution in [-0.4, -0.2) is 6.04 Å². The van der Waals surface area contributed by atoms with Crippen molar-refractivity contribution in [1.82, 2.24) is 5.32 Å². The minimum Gasteiger partial charge on any atom is -0.310 e. The molecule has 2 atom stereocenters. The SMILES string of the molecule is CCC1CCCCC1NCc1cccc(F)c1Br. The highest BCUT2D eigenvalue weighted by molar-refractivity contribution is 9.10. The maximum Gasteiger partial charge on any atom is 0.137 e. The van der Waals surface area contributed by atoms with E-state index in [9.17, 15) is 4.39 Å². The van der Waals surface area contributed by atoms with E-state index in [1.54, 1.807) is 6.07 Å². The smallest absolute Gasteiger partial charge is 0.137 e. The molecular formula is C15H21BrFN. The van der Waals surface area contributed by atoms with Gasteiger partial charge < -0.3 is 5.32 Å². The van der Waals surface area contributed by atoms with E-state index >= 15 is 0 Å². The van der Waals surface area contributed by atoms with Gasteiger partial charge in [0, 0.05) is 12.6 Å². The topological polar surface area (TPSA) is 12.0 Å². The molecule has 2 rings (SSSR count). The Kier molecular flexibility index (Phi) is 5.19. The summed E-state index contributed by atoms with van der Waals surface area (Å²) in [6.07, 6.45) is 6.50. The van der Waals surface area contributed by atoms with E-state index in [0.29, 0.717) is 10.5 Å². The predicted molar refractivity (Wildman–Crippen MR) is 77.0 cm³/mol. The van der Waals surface area contributed by atoms with Crippen LogP contribution in [0.1, 0.15) is 44.6 Å². The van der Waals surface area contributed by atoms with Gasteiger partial charge in [-0.05, 0) is 46.3 Å². The number of halogens is 2. The standard InChI is InChI=1S/C15H21BrFN/c1-2-11-6-3-4-9-14(11)18-10-12-7-5-8-13(17)15(12)16/h5,7-8,11,14,18H,2-4,6,9-10H2,1H3. The van der Waals surface area contributed by atoms with Crippen molar-refractivity contribution < 1.29 is 4.39 Å². The number of hydrogen-bond donors (Lipinski definition) is 1. The van der Waals surface area contributed by atoms with Crippen molar-refractivity contribution in [3.8, 4) is 0 Å². The number of hydrogen-bond acceptors (Lipinski definition) is 1. The van der Waals surface area contributed by atoms with Gasteiger partial charge in [-0.2, -0.15) is 0 Å². The fourth-order valence-electron chi connectivity index (χ4n) is 2.89. The molecule has 0 spiro atoms. The van der Waals surface area contributed by atoms with Gasteiger partial charge in [0.05, 0.1) is 4.47 Å². The molecule has 0 saturated heterocycles. The molecule has 0 bridgehead atoms. The van der Waals surface area contributed by atoms with E-state index in [-0.39, 0.29) is 5.82 Å². The molecule has 1 N–H and O–H groups in total. The Balaban J connectivity index is 1.96. The minimum absolute atomic E-state index is 0.176. The van der Waals surface area contributed by atoms with Crippen molar-refractivity contribution in [2.75, 3.05) is 0 Å². The van der Waals surface area contributed by atoms with Crippen molar-refractivity contribution in [3.05, 3.63) is 34.1 Å². The summed E-state index contributed by atoms with van der Waals surface area (Å²) in [7, 11) is 0. The summed E-state index contributed by atoms with van der Waals surface area (Å²) in [5.41, 5.74) is 1.01. The van der Waals surface area contributed by atoms with E-state index in [2.05, 4.69) is 28.2 Å². The first kappa shape index (κ1) is 14.0.